The number of thiophene rings is 1. The number of nitrogens with one attached hydrogen (secondary N) is 1. The van der Waals surface area contributed by atoms with Gasteiger partial charge in [0.1, 0.15) is 10.9 Å². The predicted octanol–water partition coefficient (Wildman–Crippen LogP) is 1.91. The van der Waals surface area contributed by atoms with Gasteiger partial charge in [-0.15, -0.1) is 11.3 Å². The Morgan fingerprint density at radius 3 is 3.00 bits per heavy atom. The Morgan fingerprint density at radius 1 is 1.44 bits per heavy atom. The molecule has 0 aromatic carbocycles. The molecule has 0 bridgehead atoms. The van der Waals surface area contributed by atoms with E-state index in [4.69, 9.17) is 10.6 Å². The normalized spacial score (nSPS) is 16.1. The van der Waals surface area contributed by atoms with Gasteiger partial charge in [-0.1, -0.05) is 0 Å². The minimum absolute atomic E-state index is 0.309. The van der Waals surface area contributed by atoms with Gasteiger partial charge in [-0.2, -0.15) is 4.98 Å². The summed E-state index contributed by atoms with van der Waals surface area (Å²) >= 11 is 1.56. The minimum atomic E-state index is 0.309. The Bertz CT molecular complexity index is 508. The molecule has 0 aliphatic heterocycles. The Balaban J connectivity index is 2.01. The summed E-state index contributed by atoms with van der Waals surface area (Å²) in [5.74, 6) is 6.38. The monoisotopic (exact) mass is 236 g/mol. The molecule has 1 aliphatic carbocycles. The summed E-state index contributed by atoms with van der Waals surface area (Å²) in [6, 6.07) is 1.98. The fraction of sp³-hybridized carbons (Fsp3) is 0.400. The van der Waals surface area contributed by atoms with Crippen molar-refractivity contribution in [1.29, 1.82) is 0 Å². The molecule has 3 rings (SSSR count). The van der Waals surface area contributed by atoms with Gasteiger partial charge in [0.25, 0.3) is 0 Å². The van der Waals surface area contributed by atoms with E-state index in [1.165, 1.54) is 6.42 Å². The number of nitrogens with two attached hydrogens (primary N) is 1. The maximum absolute atomic E-state index is 5.82. The van der Waals surface area contributed by atoms with E-state index < -0.39 is 0 Å². The molecule has 6 heteroatoms. The van der Waals surface area contributed by atoms with Crippen LogP contribution in [0.25, 0.3) is 10.2 Å². The Hall–Kier alpha value is -1.40. The summed E-state index contributed by atoms with van der Waals surface area (Å²) in [6.45, 7) is 0. The summed E-state index contributed by atoms with van der Waals surface area (Å²) in [5.41, 5.74) is 2.46. The van der Waals surface area contributed by atoms with Crippen molar-refractivity contribution in [2.45, 2.75) is 25.4 Å². The van der Waals surface area contributed by atoms with Crippen LogP contribution < -0.4 is 16.0 Å². The molecule has 2 heterocycles. The van der Waals surface area contributed by atoms with Crippen LogP contribution in [-0.4, -0.2) is 16.1 Å². The van der Waals surface area contributed by atoms with E-state index >= 15 is 0 Å². The highest BCUT2D eigenvalue weighted by Crippen LogP contribution is 2.31. The van der Waals surface area contributed by atoms with E-state index in [2.05, 4.69) is 15.4 Å². The Kier molecular flexibility index (Phi) is 2.37. The van der Waals surface area contributed by atoms with Crippen LogP contribution in [0.3, 0.4) is 0 Å². The zero-order chi connectivity index (χ0) is 11.0. The zero-order valence-corrected chi connectivity index (χ0v) is 9.46. The first kappa shape index (κ1) is 9.80. The largest absolute Gasteiger partial charge is 0.474 e. The number of ether oxygens (including phenoxy) is 1. The molecule has 0 amide bonds. The van der Waals surface area contributed by atoms with Gasteiger partial charge < -0.3 is 4.74 Å². The van der Waals surface area contributed by atoms with Gasteiger partial charge in [-0.05, 0) is 30.7 Å². The lowest BCUT2D eigenvalue weighted by molar-refractivity contribution is 0.117. The first-order valence-corrected chi connectivity index (χ1v) is 6.13. The van der Waals surface area contributed by atoms with Crippen LogP contribution in [0.5, 0.6) is 5.88 Å². The summed E-state index contributed by atoms with van der Waals surface area (Å²) in [4.78, 5) is 9.41. The average molecular weight is 236 g/mol. The predicted molar refractivity (Wildman–Crippen MR) is 63.5 cm³/mol. The lowest BCUT2D eigenvalue weighted by atomic mass is 9.96. The maximum Gasteiger partial charge on any atom is 0.241 e. The molecular weight excluding hydrogens is 224 g/mol. The number of aromatic nitrogens is 2. The van der Waals surface area contributed by atoms with E-state index in [0.717, 1.165) is 23.1 Å². The first-order chi connectivity index (χ1) is 7.86. The number of rotatable bonds is 3. The molecule has 84 valence electrons. The third-order valence-corrected chi connectivity index (χ3v) is 3.56. The van der Waals surface area contributed by atoms with E-state index in [1.807, 2.05) is 11.4 Å². The van der Waals surface area contributed by atoms with Crippen molar-refractivity contribution in [2.24, 2.45) is 5.84 Å². The van der Waals surface area contributed by atoms with E-state index in [1.54, 1.807) is 11.3 Å². The second-order valence-corrected chi connectivity index (χ2v) is 4.70. The molecule has 3 N–H and O–H groups in total. The number of anilines is 1. The number of hydrazine groups is 1. The topological polar surface area (TPSA) is 73.1 Å². The maximum atomic E-state index is 5.82. The molecule has 2 aromatic rings. The van der Waals surface area contributed by atoms with Crippen LogP contribution in [0.2, 0.25) is 0 Å². The van der Waals surface area contributed by atoms with Crippen LogP contribution in [-0.2, 0) is 0 Å². The highest BCUT2D eigenvalue weighted by molar-refractivity contribution is 7.16. The van der Waals surface area contributed by atoms with Crippen LogP contribution in [0.1, 0.15) is 19.3 Å². The highest BCUT2D eigenvalue weighted by Gasteiger charge is 2.21. The van der Waals surface area contributed by atoms with E-state index in [-0.39, 0.29) is 0 Å². The lowest BCUT2D eigenvalue weighted by Crippen LogP contribution is -2.25. The minimum Gasteiger partial charge on any atom is -0.474 e. The Morgan fingerprint density at radius 2 is 2.31 bits per heavy atom. The number of hydrogen-bond acceptors (Lipinski definition) is 6. The smallest absolute Gasteiger partial charge is 0.241 e. The molecule has 2 aromatic heterocycles. The number of hydrogen-bond donors (Lipinski definition) is 2. The first-order valence-electron chi connectivity index (χ1n) is 5.25. The van der Waals surface area contributed by atoms with Gasteiger partial charge in [-0.3, -0.25) is 5.43 Å². The number of fused-ring (bicyclic) bond motifs is 1. The number of nitrogen functional groups attached to an aromatic ring is 1. The van der Waals surface area contributed by atoms with Crippen molar-refractivity contribution in [1.82, 2.24) is 9.97 Å². The second-order valence-electron chi connectivity index (χ2n) is 3.81. The van der Waals surface area contributed by atoms with Crippen molar-refractivity contribution in [3.8, 4) is 5.88 Å². The van der Waals surface area contributed by atoms with Gasteiger partial charge in [0.05, 0.1) is 5.39 Å². The van der Waals surface area contributed by atoms with Crippen molar-refractivity contribution >= 4 is 27.5 Å². The third kappa shape index (κ3) is 1.60. The van der Waals surface area contributed by atoms with E-state index in [0.29, 0.717) is 17.9 Å². The lowest BCUT2D eigenvalue weighted by Gasteiger charge is -2.26. The second kappa shape index (κ2) is 3.88. The van der Waals surface area contributed by atoms with Crippen molar-refractivity contribution in [2.75, 3.05) is 5.43 Å². The molecule has 1 aliphatic rings. The molecule has 1 fully saturated rings. The van der Waals surface area contributed by atoms with E-state index in [9.17, 15) is 0 Å². The summed E-state index contributed by atoms with van der Waals surface area (Å²) < 4.78 is 5.82. The van der Waals surface area contributed by atoms with Gasteiger partial charge in [0, 0.05) is 0 Å². The summed E-state index contributed by atoms with van der Waals surface area (Å²) in [5, 5.41) is 2.95. The summed E-state index contributed by atoms with van der Waals surface area (Å²) in [6.07, 6.45) is 3.77. The summed E-state index contributed by atoms with van der Waals surface area (Å²) in [7, 11) is 0. The van der Waals surface area contributed by atoms with Crippen molar-refractivity contribution < 1.29 is 4.74 Å². The molecule has 0 saturated heterocycles. The third-order valence-electron chi connectivity index (χ3n) is 2.75. The van der Waals surface area contributed by atoms with Crippen molar-refractivity contribution in [3.05, 3.63) is 11.4 Å². The molecule has 16 heavy (non-hydrogen) atoms. The molecule has 1 saturated carbocycles. The standard InChI is InChI=1S/C10H12N4OS/c11-14-10-12-8(15-6-2-1-3-6)7-4-5-16-9(7)13-10/h4-6H,1-3,11H2,(H,12,13,14). The van der Waals surface area contributed by atoms with Crippen LogP contribution in [0.15, 0.2) is 11.4 Å². The van der Waals surface area contributed by atoms with Gasteiger partial charge in [-0.25, -0.2) is 10.8 Å². The number of nitrogens with zero attached hydrogens (tertiary/aromatic N) is 2. The quantitative estimate of drug-likeness (QED) is 0.629. The molecule has 0 unspecified atom stereocenters. The van der Waals surface area contributed by atoms with Crippen LogP contribution >= 0.6 is 11.3 Å². The highest BCUT2D eigenvalue weighted by atomic mass is 32.1. The van der Waals surface area contributed by atoms with Gasteiger partial charge in [0.15, 0.2) is 0 Å². The van der Waals surface area contributed by atoms with Crippen LogP contribution in [0, 0.1) is 0 Å². The SMILES string of the molecule is NNc1nc(OC2CCC2)c2ccsc2n1. The average Bonchev–Trinajstić information content (AvgIpc) is 2.70. The van der Waals surface area contributed by atoms with Gasteiger partial charge in [0.2, 0.25) is 11.8 Å². The molecule has 0 radical (unpaired) electrons. The van der Waals surface area contributed by atoms with Crippen molar-refractivity contribution in [3.63, 3.8) is 0 Å². The molecule has 0 atom stereocenters. The zero-order valence-electron chi connectivity index (χ0n) is 8.64. The fourth-order valence-corrected chi connectivity index (χ4v) is 2.38. The van der Waals surface area contributed by atoms with Gasteiger partial charge >= 0.3 is 0 Å². The Labute approximate surface area is 96.6 Å². The molecular formula is C10H12N4OS. The van der Waals surface area contributed by atoms with Crippen LogP contribution in [0.4, 0.5) is 5.95 Å². The molecule has 0 spiro atoms. The molecule has 5 nitrogen and oxygen atoms in total. The fourth-order valence-electron chi connectivity index (χ4n) is 1.63.